The first-order chi connectivity index (χ1) is 6.33. The van der Waals surface area contributed by atoms with E-state index in [2.05, 4.69) is 28.6 Å². The highest BCUT2D eigenvalue weighted by Crippen LogP contribution is 2.30. The van der Waals surface area contributed by atoms with E-state index in [1.54, 1.807) is 0 Å². The predicted molar refractivity (Wildman–Crippen MR) is 58.1 cm³/mol. The van der Waals surface area contributed by atoms with Gasteiger partial charge in [-0.1, -0.05) is 0 Å². The van der Waals surface area contributed by atoms with Crippen LogP contribution in [0.1, 0.15) is 13.3 Å². The minimum Gasteiger partial charge on any atom is -0.370 e. The first-order valence-electron chi connectivity index (χ1n) is 4.97. The normalized spacial score (nSPS) is 33.9. The fourth-order valence-electron chi connectivity index (χ4n) is 2.20. The standard InChI is InChI=1S/C9H17N3S/c1-2-12-8(5-11-9(12)10)7-3-4-13-6-7/h7-8H,2-6H2,1H3,(H2,10,11). The summed E-state index contributed by atoms with van der Waals surface area (Å²) >= 11 is 2.06. The van der Waals surface area contributed by atoms with Crippen molar-refractivity contribution in [3.63, 3.8) is 0 Å². The van der Waals surface area contributed by atoms with Gasteiger partial charge in [0.2, 0.25) is 0 Å². The van der Waals surface area contributed by atoms with Gasteiger partial charge in [0, 0.05) is 6.54 Å². The molecule has 1 fully saturated rings. The summed E-state index contributed by atoms with van der Waals surface area (Å²) in [7, 11) is 0. The molecular weight excluding hydrogens is 182 g/mol. The number of rotatable bonds is 2. The van der Waals surface area contributed by atoms with Crippen molar-refractivity contribution in [2.24, 2.45) is 16.6 Å². The Morgan fingerprint density at radius 1 is 1.69 bits per heavy atom. The zero-order valence-electron chi connectivity index (χ0n) is 8.07. The van der Waals surface area contributed by atoms with E-state index in [1.165, 1.54) is 17.9 Å². The molecule has 0 spiro atoms. The van der Waals surface area contributed by atoms with Crippen LogP contribution in [0, 0.1) is 5.92 Å². The third-order valence-electron chi connectivity index (χ3n) is 2.98. The van der Waals surface area contributed by atoms with Crippen LogP contribution >= 0.6 is 11.8 Å². The second-order valence-electron chi connectivity index (χ2n) is 3.68. The number of aliphatic imine (C=N–C) groups is 1. The molecule has 0 saturated carbocycles. The second-order valence-corrected chi connectivity index (χ2v) is 4.83. The Hall–Kier alpha value is -0.380. The highest BCUT2D eigenvalue weighted by molar-refractivity contribution is 7.99. The second kappa shape index (κ2) is 3.78. The van der Waals surface area contributed by atoms with Crippen LogP contribution in [0.5, 0.6) is 0 Å². The Kier molecular flexibility index (Phi) is 2.67. The summed E-state index contributed by atoms with van der Waals surface area (Å²) in [6.45, 7) is 4.08. The van der Waals surface area contributed by atoms with Gasteiger partial charge in [-0.05, 0) is 30.8 Å². The number of nitrogens with two attached hydrogens (primary N) is 1. The lowest BCUT2D eigenvalue weighted by Crippen LogP contribution is -2.44. The molecular formula is C9H17N3S. The first-order valence-corrected chi connectivity index (χ1v) is 6.12. The zero-order valence-corrected chi connectivity index (χ0v) is 8.89. The molecule has 0 amide bonds. The van der Waals surface area contributed by atoms with Gasteiger partial charge in [-0.3, -0.25) is 4.99 Å². The van der Waals surface area contributed by atoms with Crippen molar-refractivity contribution in [3.8, 4) is 0 Å². The van der Waals surface area contributed by atoms with E-state index >= 15 is 0 Å². The van der Waals surface area contributed by atoms with Gasteiger partial charge in [0.05, 0.1) is 12.6 Å². The van der Waals surface area contributed by atoms with Gasteiger partial charge in [0.1, 0.15) is 0 Å². The van der Waals surface area contributed by atoms with E-state index in [4.69, 9.17) is 5.73 Å². The van der Waals surface area contributed by atoms with Gasteiger partial charge >= 0.3 is 0 Å². The lowest BCUT2D eigenvalue weighted by molar-refractivity contribution is 0.275. The Morgan fingerprint density at radius 3 is 3.15 bits per heavy atom. The van der Waals surface area contributed by atoms with Crippen molar-refractivity contribution in [1.29, 1.82) is 0 Å². The maximum absolute atomic E-state index is 5.82. The van der Waals surface area contributed by atoms with E-state index in [9.17, 15) is 0 Å². The maximum Gasteiger partial charge on any atom is 0.191 e. The molecule has 0 bridgehead atoms. The lowest BCUT2D eigenvalue weighted by atomic mass is 9.99. The Balaban J connectivity index is 2.00. The molecule has 0 aliphatic carbocycles. The molecule has 0 aromatic heterocycles. The summed E-state index contributed by atoms with van der Waals surface area (Å²) in [6, 6.07) is 0.597. The average molecular weight is 199 g/mol. The van der Waals surface area contributed by atoms with Gasteiger partial charge in [0.25, 0.3) is 0 Å². The minimum absolute atomic E-state index is 0.597. The smallest absolute Gasteiger partial charge is 0.191 e. The van der Waals surface area contributed by atoms with Gasteiger partial charge in [0.15, 0.2) is 5.96 Å². The molecule has 2 N–H and O–H groups in total. The molecule has 0 aromatic rings. The number of thioether (sulfide) groups is 1. The van der Waals surface area contributed by atoms with Crippen molar-refractivity contribution in [2.45, 2.75) is 19.4 Å². The summed E-state index contributed by atoms with van der Waals surface area (Å²) < 4.78 is 0. The van der Waals surface area contributed by atoms with Crippen LogP contribution in [-0.2, 0) is 0 Å². The lowest BCUT2D eigenvalue weighted by Gasteiger charge is -2.28. The van der Waals surface area contributed by atoms with Gasteiger partial charge < -0.3 is 10.6 Å². The monoisotopic (exact) mass is 199 g/mol. The molecule has 2 heterocycles. The van der Waals surface area contributed by atoms with Crippen molar-refractivity contribution in [2.75, 3.05) is 24.6 Å². The molecule has 2 aliphatic rings. The van der Waals surface area contributed by atoms with E-state index in [-0.39, 0.29) is 0 Å². The van der Waals surface area contributed by atoms with Gasteiger partial charge in [-0.15, -0.1) is 0 Å². The van der Waals surface area contributed by atoms with Crippen molar-refractivity contribution < 1.29 is 0 Å². The van der Waals surface area contributed by atoms with Crippen LogP contribution in [-0.4, -0.2) is 41.5 Å². The van der Waals surface area contributed by atoms with Crippen molar-refractivity contribution >= 4 is 17.7 Å². The molecule has 13 heavy (non-hydrogen) atoms. The van der Waals surface area contributed by atoms with Crippen molar-refractivity contribution in [3.05, 3.63) is 0 Å². The SMILES string of the molecule is CCN1C(N)=NCC1C1CCSC1. The van der Waals surface area contributed by atoms with Crippen LogP contribution in [0.3, 0.4) is 0 Å². The third-order valence-corrected chi connectivity index (χ3v) is 4.17. The number of likely N-dealkylation sites (N-methyl/N-ethyl adjacent to an activating group) is 1. The number of nitrogens with zero attached hydrogens (tertiary/aromatic N) is 2. The Morgan fingerprint density at radius 2 is 2.54 bits per heavy atom. The predicted octanol–water partition coefficient (Wildman–Crippen LogP) is 0.758. The fourth-order valence-corrected chi connectivity index (χ4v) is 3.53. The Labute approximate surface area is 83.8 Å². The maximum atomic E-state index is 5.82. The van der Waals surface area contributed by atoms with Crippen LogP contribution < -0.4 is 5.73 Å². The van der Waals surface area contributed by atoms with Crippen LogP contribution in [0.15, 0.2) is 4.99 Å². The summed E-state index contributed by atoms with van der Waals surface area (Å²) in [4.78, 5) is 6.59. The molecule has 4 heteroatoms. The first kappa shape index (κ1) is 9.19. The third kappa shape index (κ3) is 1.64. The number of hydrogen-bond acceptors (Lipinski definition) is 4. The number of hydrogen-bond donors (Lipinski definition) is 1. The topological polar surface area (TPSA) is 41.6 Å². The zero-order chi connectivity index (χ0) is 9.26. The highest BCUT2D eigenvalue weighted by atomic mass is 32.2. The molecule has 1 saturated heterocycles. The summed E-state index contributed by atoms with van der Waals surface area (Å²) in [5.41, 5.74) is 5.82. The Bertz CT molecular complexity index is 211. The average Bonchev–Trinajstić information content (AvgIpc) is 2.71. The largest absolute Gasteiger partial charge is 0.370 e. The quantitative estimate of drug-likeness (QED) is 0.714. The highest BCUT2D eigenvalue weighted by Gasteiger charge is 2.33. The van der Waals surface area contributed by atoms with E-state index < -0.39 is 0 Å². The molecule has 2 atom stereocenters. The minimum atomic E-state index is 0.597. The summed E-state index contributed by atoms with van der Waals surface area (Å²) in [6.07, 6.45) is 1.34. The van der Waals surface area contributed by atoms with Gasteiger partial charge in [-0.25, -0.2) is 0 Å². The molecule has 0 aromatic carbocycles. The number of guanidine groups is 1. The van der Waals surface area contributed by atoms with E-state index in [0.29, 0.717) is 6.04 Å². The molecule has 2 rings (SSSR count). The molecule has 2 unspecified atom stereocenters. The van der Waals surface area contributed by atoms with Crippen LogP contribution in [0.4, 0.5) is 0 Å². The molecule has 3 nitrogen and oxygen atoms in total. The summed E-state index contributed by atoms with van der Waals surface area (Å²) in [5, 5.41) is 0. The fraction of sp³-hybridized carbons (Fsp3) is 0.889. The van der Waals surface area contributed by atoms with Crippen LogP contribution in [0.25, 0.3) is 0 Å². The van der Waals surface area contributed by atoms with E-state index in [1.807, 2.05) is 0 Å². The molecule has 2 aliphatic heterocycles. The van der Waals surface area contributed by atoms with Crippen LogP contribution in [0.2, 0.25) is 0 Å². The molecule has 74 valence electrons. The van der Waals surface area contributed by atoms with Gasteiger partial charge in [-0.2, -0.15) is 11.8 Å². The van der Waals surface area contributed by atoms with Crippen molar-refractivity contribution in [1.82, 2.24) is 4.90 Å². The molecule has 0 radical (unpaired) electrons. The van der Waals surface area contributed by atoms with E-state index in [0.717, 1.165) is 25.0 Å². The summed E-state index contributed by atoms with van der Waals surface area (Å²) in [5.74, 6) is 4.18.